The molecule has 0 aromatic heterocycles. The molecule has 4 nitrogen and oxygen atoms in total. The van der Waals surface area contributed by atoms with Crippen LogP contribution in [0.4, 0.5) is 0 Å². The van der Waals surface area contributed by atoms with Crippen molar-refractivity contribution in [1.29, 1.82) is 0 Å². The molecule has 1 amide bonds. The van der Waals surface area contributed by atoms with Crippen molar-refractivity contribution < 1.29 is 15.0 Å². The van der Waals surface area contributed by atoms with Gasteiger partial charge in [-0.15, -0.1) is 0 Å². The summed E-state index contributed by atoms with van der Waals surface area (Å²) in [6, 6.07) is 0. The SMILES string of the molecule is CCCCCCC(=O)NCC(C)(O)CO. The molecule has 0 aromatic carbocycles. The second-order valence-corrected chi connectivity index (χ2v) is 4.24. The van der Waals surface area contributed by atoms with Gasteiger partial charge in [-0.3, -0.25) is 4.79 Å². The zero-order valence-corrected chi connectivity index (χ0v) is 9.75. The van der Waals surface area contributed by atoms with Crippen LogP contribution in [0.15, 0.2) is 0 Å². The highest BCUT2D eigenvalue weighted by Gasteiger charge is 2.19. The number of carbonyl (C=O) groups is 1. The molecular formula is C11H23NO3. The number of hydrogen-bond donors (Lipinski definition) is 3. The minimum Gasteiger partial charge on any atom is -0.393 e. The van der Waals surface area contributed by atoms with Gasteiger partial charge in [0.1, 0.15) is 5.60 Å². The molecule has 0 radical (unpaired) electrons. The fraction of sp³-hybridized carbons (Fsp3) is 0.909. The van der Waals surface area contributed by atoms with Crippen molar-refractivity contribution in [2.75, 3.05) is 13.2 Å². The molecule has 90 valence electrons. The van der Waals surface area contributed by atoms with E-state index in [0.717, 1.165) is 25.7 Å². The number of carbonyl (C=O) groups excluding carboxylic acids is 1. The lowest BCUT2D eigenvalue weighted by Crippen LogP contribution is -2.43. The third kappa shape index (κ3) is 8.39. The van der Waals surface area contributed by atoms with Gasteiger partial charge in [-0.2, -0.15) is 0 Å². The van der Waals surface area contributed by atoms with Crippen molar-refractivity contribution in [3.63, 3.8) is 0 Å². The van der Waals surface area contributed by atoms with Gasteiger partial charge in [0.25, 0.3) is 0 Å². The van der Waals surface area contributed by atoms with Gasteiger partial charge in [-0.1, -0.05) is 26.2 Å². The Kier molecular flexibility index (Phi) is 7.34. The quantitative estimate of drug-likeness (QED) is 0.527. The van der Waals surface area contributed by atoms with E-state index in [9.17, 15) is 9.90 Å². The number of aliphatic hydroxyl groups excluding tert-OH is 1. The van der Waals surface area contributed by atoms with Crippen molar-refractivity contribution >= 4 is 5.91 Å². The van der Waals surface area contributed by atoms with E-state index in [-0.39, 0.29) is 19.1 Å². The summed E-state index contributed by atoms with van der Waals surface area (Å²) in [5.74, 6) is -0.0557. The zero-order valence-electron chi connectivity index (χ0n) is 9.75. The Morgan fingerprint density at radius 2 is 2.00 bits per heavy atom. The van der Waals surface area contributed by atoms with Crippen LogP contribution in [0.3, 0.4) is 0 Å². The van der Waals surface area contributed by atoms with Crippen molar-refractivity contribution in [3.05, 3.63) is 0 Å². The molecule has 15 heavy (non-hydrogen) atoms. The standard InChI is InChI=1S/C11H23NO3/c1-3-4-5-6-7-10(14)12-8-11(2,15)9-13/h13,15H,3-9H2,1-2H3,(H,12,14). The topological polar surface area (TPSA) is 69.6 Å². The molecule has 0 spiro atoms. The van der Waals surface area contributed by atoms with E-state index in [1.54, 1.807) is 0 Å². The molecule has 0 aliphatic heterocycles. The highest BCUT2D eigenvalue weighted by atomic mass is 16.3. The largest absolute Gasteiger partial charge is 0.393 e. The van der Waals surface area contributed by atoms with Gasteiger partial charge in [0.2, 0.25) is 5.91 Å². The van der Waals surface area contributed by atoms with Gasteiger partial charge in [0, 0.05) is 13.0 Å². The predicted octanol–water partition coefficient (Wildman–Crippen LogP) is 0.816. The predicted molar refractivity (Wildman–Crippen MR) is 59.5 cm³/mol. The van der Waals surface area contributed by atoms with Gasteiger partial charge in [0.05, 0.1) is 6.61 Å². The summed E-state index contributed by atoms with van der Waals surface area (Å²) in [6.07, 6.45) is 4.77. The van der Waals surface area contributed by atoms with Crippen LogP contribution < -0.4 is 5.32 Å². The van der Waals surface area contributed by atoms with Gasteiger partial charge in [-0.05, 0) is 13.3 Å². The van der Waals surface area contributed by atoms with Gasteiger partial charge >= 0.3 is 0 Å². The smallest absolute Gasteiger partial charge is 0.220 e. The molecule has 0 aromatic rings. The van der Waals surface area contributed by atoms with Crippen LogP contribution in [0.1, 0.15) is 46.0 Å². The van der Waals surface area contributed by atoms with E-state index < -0.39 is 5.60 Å². The lowest BCUT2D eigenvalue weighted by Gasteiger charge is -2.20. The van der Waals surface area contributed by atoms with Crippen LogP contribution in [0.2, 0.25) is 0 Å². The van der Waals surface area contributed by atoms with E-state index >= 15 is 0 Å². The fourth-order valence-corrected chi connectivity index (χ4v) is 1.15. The van der Waals surface area contributed by atoms with E-state index in [2.05, 4.69) is 12.2 Å². The number of rotatable bonds is 8. The van der Waals surface area contributed by atoms with Crippen LogP contribution in [0, 0.1) is 0 Å². The second-order valence-electron chi connectivity index (χ2n) is 4.24. The normalized spacial score (nSPS) is 14.7. The number of hydrogen-bond acceptors (Lipinski definition) is 3. The summed E-state index contributed by atoms with van der Waals surface area (Å²) in [6.45, 7) is 3.38. The first kappa shape index (κ1) is 14.4. The minimum atomic E-state index is -1.21. The Bertz CT molecular complexity index is 181. The van der Waals surface area contributed by atoms with Crippen LogP contribution in [0.25, 0.3) is 0 Å². The van der Waals surface area contributed by atoms with Gasteiger partial charge in [-0.25, -0.2) is 0 Å². The molecule has 0 heterocycles. The average Bonchev–Trinajstić information content (AvgIpc) is 2.22. The number of unbranched alkanes of at least 4 members (excludes halogenated alkanes) is 3. The monoisotopic (exact) mass is 217 g/mol. The highest BCUT2D eigenvalue weighted by molar-refractivity contribution is 5.75. The number of aliphatic hydroxyl groups is 2. The molecule has 1 unspecified atom stereocenters. The Balaban J connectivity index is 3.49. The Morgan fingerprint density at radius 1 is 1.33 bits per heavy atom. The van der Waals surface area contributed by atoms with Crippen molar-refractivity contribution in [2.24, 2.45) is 0 Å². The third-order valence-electron chi connectivity index (χ3n) is 2.26. The summed E-state index contributed by atoms with van der Waals surface area (Å²) in [5, 5.41) is 20.8. The molecular weight excluding hydrogens is 194 g/mol. The molecule has 0 bridgehead atoms. The van der Waals surface area contributed by atoms with E-state index in [4.69, 9.17) is 5.11 Å². The first-order valence-corrected chi connectivity index (χ1v) is 5.62. The lowest BCUT2D eigenvalue weighted by molar-refractivity contribution is -0.122. The second kappa shape index (κ2) is 7.65. The van der Waals surface area contributed by atoms with Crippen LogP contribution >= 0.6 is 0 Å². The molecule has 0 saturated carbocycles. The minimum absolute atomic E-state index is 0.0557. The summed E-state index contributed by atoms with van der Waals surface area (Å²) >= 11 is 0. The van der Waals surface area contributed by atoms with Crippen molar-refractivity contribution in [3.8, 4) is 0 Å². The van der Waals surface area contributed by atoms with Crippen LogP contribution in [-0.4, -0.2) is 34.9 Å². The van der Waals surface area contributed by atoms with Gasteiger partial charge in [0.15, 0.2) is 0 Å². The fourth-order valence-electron chi connectivity index (χ4n) is 1.15. The van der Waals surface area contributed by atoms with E-state index in [0.29, 0.717) is 6.42 Å². The maximum Gasteiger partial charge on any atom is 0.220 e. The third-order valence-corrected chi connectivity index (χ3v) is 2.26. The summed E-state index contributed by atoms with van der Waals surface area (Å²) in [7, 11) is 0. The first-order valence-electron chi connectivity index (χ1n) is 5.62. The summed E-state index contributed by atoms with van der Waals surface area (Å²) in [4.78, 5) is 11.3. The number of nitrogens with one attached hydrogen (secondary N) is 1. The molecule has 4 heteroatoms. The molecule has 0 fully saturated rings. The Labute approximate surface area is 91.7 Å². The van der Waals surface area contributed by atoms with Crippen LogP contribution in [-0.2, 0) is 4.79 Å². The molecule has 3 N–H and O–H groups in total. The van der Waals surface area contributed by atoms with Crippen molar-refractivity contribution in [2.45, 2.75) is 51.6 Å². The molecule has 0 aliphatic carbocycles. The summed E-state index contributed by atoms with van der Waals surface area (Å²) < 4.78 is 0. The Morgan fingerprint density at radius 3 is 2.53 bits per heavy atom. The zero-order chi connectivity index (χ0) is 11.7. The summed E-state index contributed by atoms with van der Waals surface area (Å²) in [5.41, 5.74) is -1.21. The molecule has 0 saturated heterocycles. The maximum atomic E-state index is 11.3. The molecule has 0 aliphatic rings. The Hall–Kier alpha value is -0.610. The lowest BCUT2D eigenvalue weighted by atomic mass is 10.1. The average molecular weight is 217 g/mol. The van der Waals surface area contributed by atoms with E-state index in [1.165, 1.54) is 6.92 Å². The van der Waals surface area contributed by atoms with Crippen molar-refractivity contribution in [1.82, 2.24) is 5.32 Å². The molecule has 0 rings (SSSR count). The first-order chi connectivity index (χ1) is 7.02. The van der Waals surface area contributed by atoms with Crippen LogP contribution in [0.5, 0.6) is 0 Å². The molecule has 1 atom stereocenters. The highest BCUT2D eigenvalue weighted by Crippen LogP contribution is 2.03. The van der Waals surface area contributed by atoms with E-state index in [1.807, 2.05) is 0 Å². The maximum absolute atomic E-state index is 11.3. The number of amides is 1. The van der Waals surface area contributed by atoms with Gasteiger partial charge < -0.3 is 15.5 Å².